The summed E-state index contributed by atoms with van der Waals surface area (Å²) >= 11 is 0. The molecule has 0 fully saturated rings. The molecule has 0 amide bonds. The molecular formula is C19H21NO2. The Hall–Kier alpha value is -2.00. The molecule has 3 nitrogen and oxygen atoms in total. The van der Waals surface area contributed by atoms with Crippen molar-refractivity contribution in [3.05, 3.63) is 70.7 Å². The number of fused-ring (bicyclic) bond motifs is 2. The molecule has 0 spiro atoms. The molecule has 1 heterocycles. The predicted octanol–water partition coefficient (Wildman–Crippen LogP) is 3.88. The zero-order valence-corrected chi connectivity index (χ0v) is 13.1. The summed E-state index contributed by atoms with van der Waals surface area (Å²) < 4.78 is 10.9. The summed E-state index contributed by atoms with van der Waals surface area (Å²) in [6, 6.07) is 9.36. The maximum atomic E-state index is 5.54. The molecule has 2 atom stereocenters. The van der Waals surface area contributed by atoms with Crippen molar-refractivity contribution in [2.24, 2.45) is 0 Å². The summed E-state index contributed by atoms with van der Waals surface area (Å²) in [5.74, 6) is 1.45. The second-order valence-electron chi connectivity index (χ2n) is 6.42. The minimum Gasteiger partial charge on any atom is -0.465 e. The van der Waals surface area contributed by atoms with E-state index in [0.29, 0.717) is 18.8 Å². The SMILES string of the molecule is CN(C)[C@H]1C[C@@H](C2=CC=C3OCOC=C3C2)c2ccccc21. The first-order valence-corrected chi connectivity index (χ1v) is 7.84. The molecule has 1 aliphatic heterocycles. The Balaban J connectivity index is 1.70. The number of hydrogen-bond acceptors (Lipinski definition) is 3. The highest BCUT2D eigenvalue weighted by atomic mass is 16.7. The molecule has 3 aliphatic rings. The van der Waals surface area contributed by atoms with Gasteiger partial charge in [0.2, 0.25) is 6.79 Å². The molecule has 3 heteroatoms. The highest BCUT2D eigenvalue weighted by molar-refractivity contribution is 5.48. The average molecular weight is 295 g/mol. The van der Waals surface area contributed by atoms with Crippen molar-refractivity contribution in [2.75, 3.05) is 20.9 Å². The molecule has 0 radical (unpaired) electrons. The highest BCUT2D eigenvalue weighted by Gasteiger charge is 2.35. The number of hydrogen-bond donors (Lipinski definition) is 0. The first kappa shape index (κ1) is 13.6. The molecule has 0 unspecified atom stereocenters. The van der Waals surface area contributed by atoms with Crippen LogP contribution >= 0.6 is 0 Å². The van der Waals surface area contributed by atoms with E-state index in [1.807, 2.05) is 6.26 Å². The lowest BCUT2D eigenvalue weighted by Crippen LogP contribution is -2.18. The van der Waals surface area contributed by atoms with Crippen molar-refractivity contribution in [1.29, 1.82) is 0 Å². The summed E-state index contributed by atoms with van der Waals surface area (Å²) in [6.07, 6.45) is 8.27. The third kappa shape index (κ3) is 2.17. The standard InChI is InChI=1S/C19H21NO2/c1-20(2)18-10-17(15-5-3-4-6-16(15)18)13-7-8-19-14(9-13)11-21-12-22-19/h3-8,11,17-18H,9-10,12H2,1-2H3/t17-,18-/m0/s1. The summed E-state index contributed by atoms with van der Waals surface area (Å²) in [6.45, 7) is 0.327. The van der Waals surface area contributed by atoms with Gasteiger partial charge in [-0.1, -0.05) is 35.9 Å². The van der Waals surface area contributed by atoms with Crippen molar-refractivity contribution in [3.63, 3.8) is 0 Å². The number of rotatable bonds is 2. The number of benzene rings is 1. The van der Waals surface area contributed by atoms with E-state index in [9.17, 15) is 0 Å². The fourth-order valence-corrected chi connectivity index (χ4v) is 3.82. The minimum atomic E-state index is 0.327. The third-order valence-corrected chi connectivity index (χ3v) is 4.93. The molecule has 4 rings (SSSR count). The van der Waals surface area contributed by atoms with E-state index in [-0.39, 0.29) is 0 Å². The molecule has 2 aliphatic carbocycles. The van der Waals surface area contributed by atoms with Crippen LogP contribution in [0.3, 0.4) is 0 Å². The molecule has 22 heavy (non-hydrogen) atoms. The van der Waals surface area contributed by atoms with Crippen LogP contribution in [0.25, 0.3) is 0 Å². The largest absolute Gasteiger partial charge is 0.465 e. The molecule has 0 N–H and O–H groups in total. The van der Waals surface area contributed by atoms with E-state index in [1.165, 1.54) is 16.7 Å². The van der Waals surface area contributed by atoms with Crippen LogP contribution in [0.4, 0.5) is 0 Å². The van der Waals surface area contributed by atoms with Gasteiger partial charge in [0, 0.05) is 24.0 Å². The lowest BCUT2D eigenvalue weighted by Gasteiger charge is -2.26. The monoisotopic (exact) mass is 295 g/mol. The smallest absolute Gasteiger partial charge is 0.230 e. The summed E-state index contributed by atoms with van der Waals surface area (Å²) in [7, 11) is 4.34. The van der Waals surface area contributed by atoms with Crippen molar-refractivity contribution in [2.45, 2.75) is 24.8 Å². The van der Waals surface area contributed by atoms with E-state index < -0.39 is 0 Å². The van der Waals surface area contributed by atoms with Crippen LogP contribution in [0.1, 0.15) is 35.9 Å². The van der Waals surface area contributed by atoms with Gasteiger partial charge in [0.25, 0.3) is 0 Å². The topological polar surface area (TPSA) is 21.7 Å². The lowest BCUT2D eigenvalue weighted by molar-refractivity contribution is 0.0141. The Morgan fingerprint density at radius 2 is 1.91 bits per heavy atom. The minimum absolute atomic E-state index is 0.327. The van der Waals surface area contributed by atoms with Gasteiger partial charge in [-0.15, -0.1) is 0 Å². The predicted molar refractivity (Wildman–Crippen MR) is 86.1 cm³/mol. The Labute approximate surface area is 131 Å². The second-order valence-corrected chi connectivity index (χ2v) is 6.42. The summed E-state index contributed by atoms with van der Waals surface area (Å²) in [5.41, 5.74) is 5.57. The Morgan fingerprint density at radius 3 is 2.73 bits per heavy atom. The molecule has 0 saturated carbocycles. The van der Waals surface area contributed by atoms with E-state index in [1.54, 1.807) is 0 Å². The van der Waals surface area contributed by atoms with Crippen LogP contribution in [-0.4, -0.2) is 25.8 Å². The van der Waals surface area contributed by atoms with E-state index in [2.05, 4.69) is 55.4 Å². The summed E-state index contributed by atoms with van der Waals surface area (Å²) in [4.78, 5) is 2.33. The van der Waals surface area contributed by atoms with Crippen LogP contribution < -0.4 is 0 Å². The normalized spacial score (nSPS) is 26.2. The third-order valence-electron chi connectivity index (χ3n) is 4.93. The Morgan fingerprint density at radius 1 is 1.09 bits per heavy atom. The van der Waals surface area contributed by atoms with Crippen molar-refractivity contribution in [1.82, 2.24) is 4.90 Å². The molecule has 0 bridgehead atoms. The van der Waals surface area contributed by atoms with Gasteiger partial charge in [-0.25, -0.2) is 0 Å². The molecule has 114 valence electrons. The Bertz CT molecular complexity index is 684. The van der Waals surface area contributed by atoms with E-state index in [0.717, 1.165) is 24.2 Å². The van der Waals surface area contributed by atoms with Crippen LogP contribution in [0, 0.1) is 0 Å². The zero-order chi connectivity index (χ0) is 15.1. The fraction of sp³-hybridized carbons (Fsp3) is 0.368. The summed E-state index contributed by atoms with van der Waals surface area (Å²) in [5, 5.41) is 0. The van der Waals surface area contributed by atoms with Gasteiger partial charge >= 0.3 is 0 Å². The molecule has 0 saturated heterocycles. The van der Waals surface area contributed by atoms with Gasteiger partial charge in [0.1, 0.15) is 5.76 Å². The highest BCUT2D eigenvalue weighted by Crippen LogP contribution is 2.48. The van der Waals surface area contributed by atoms with Crippen molar-refractivity contribution < 1.29 is 9.47 Å². The molecule has 1 aromatic rings. The zero-order valence-electron chi connectivity index (χ0n) is 13.1. The fourth-order valence-electron chi connectivity index (χ4n) is 3.82. The molecule has 0 aromatic heterocycles. The van der Waals surface area contributed by atoms with Crippen LogP contribution in [-0.2, 0) is 9.47 Å². The van der Waals surface area contributed by atoms with Crippen molar-refractivity contribution in [3.8, 4) is 0 Å². The number of nitrogens with zero attached hydrogens (tertiary/aromatic N) is 1. The quantitative estimate of drug-likeness (QED) is 0.826. The maximum Gasteiger partial charge on any atom is 0.230 e. The first-order valence-electron chi connectivity index (χ1n) is 7.84. The van der Waals surface area contributed by atoms with Gasteiger partial charge in [0.05, 0.1) is 6.26 Å². The average Bonchev–Trinajstić information content (AvgIpc) is 2.94. The maximum absolute atomic E-state index is 5.54. The molecule has 1 aromatic carbocycles. The second kappa shape index (κ2) is 5.33. The number of ether oxygens (including phenoxy) is 2. The molecular weight excluding hydrogens is 274 g/mol. The van der Waals surface area contributed by atoms with Gasteiger partial charge in [-0.2, -0.15) is 0 Å². The lowest BCUT2D eigenvalue weighted by atomic mass is 9.85. The van der Waals surface area contributed by atoms with E-state index in [4.69, 9.17) is 9.47 Å². The van der Waals surface area contributed by atoms with Gasteiger partial charge < -0.3 is 14.4 Å². The van der Waals surface area contributed by atoms with Crippen LogP contribution in [0.5, 0.6) is 0 Å². The van der Waals surface area contributed by atoms with Crippen LogP contribution in [0.2, 0.25) is 0 Å². The van der Waals surface area contributed by atoms with Gasteiger partial charge in [0.15, 0.2) is 0 Å². The number of allylic oxidation sites excluding steroid dienone is 4. The van der Waals surface area contributed by atoms with E-state index >= 15 is 0 Å². The van der Waals surface area contributed by atoms with Gasteiger partial charge in [-0.05, 0) is 37.7 Å². The Kier molecular flexibility index (Phi) is 3.30. The van der Waals surface area contributed by atoms with Gasteiger partial charge in [-0.3, -0.25) is 0 Å². The first-order chi connectivity index (χ1) is 10.7. The van der Waals surface area contributed by atoms with Crippen LogP contribution in [0.15, 0.2) is 59.6 Å². The van der Waals surface area contributed by atoms with Crippen molar-refractivity contribution >= 4 is 0 Å².